The molecule has 2 N–H and O–H groups in total. The van der Waals surface area contributed by atoms with Gasteiger partial charge in [-0.05, 0) is 25.1 Å². The molecule has 0 aliphatic heterocycles. The Morgan fingerprint density at radius 2 is 2.09 bits per heavy atom. The summed E-state index contributed by atoms with van der Waals surface area (Å²) in [6.07, 6.45) is 0.0443. The SMILES string of the molecule is Cc1cc(NC(=O)CCC(=O)c2ccc3[nH]c(=O)oc3c2)no1. The van der Waals surface area contributed by atoms with Gasteiger partial charge in [0.1, 0.15) is 5.76 Å². The van der Waals surface area contributed by atoms with Crippen molar-refractivity contribution in [1.29, 1.82) is 0 Å². The summed E-state index contributed by atoms with van der Waals surface area (Å²) in [7, 11) is 0. The van der Waals surface area contributed by atoms with Gasteiger partial charge >= 0.3 is 5.76 Å². The van der Waals surface area contributed by atoms with Crippen LogP contribution in [0.15, 0.2) is 38.0 Å². The van der Waals surface area contributed by atoms with E-state index in [1.54, 1.807) is 25.1 Å². The first-order valence-corrected chi connectivity index (χ1v) is 6.90. The average Bonchev–Trinajstić information content (AvgIpc) is 3.08. The van der Waals surface area contributed by atoms with Crippen LogP contribution in [0, 0.1) is 6.92 Å². The van der Waals surface area contributed by atoms with E-state index in [4.69, 9.17) is 8.94 Å². The molecule has 0 atom stereocenters. The fourth-order valence-electron chi connectivity index (χ4n) is 2.12. The lowest BCUT2D eigenvalue weighted by atomic mass is 10.1. The maximum atomic E-state index is 12.1. The standard InChI is InChI=1S/C15H13N3O5/c1-8-6-13(18-23-8)17-14(20)5-4-11(19)9-2-3-10-12(7-9)22-15(21)16-10/h2-3,6-7H,4-5H2,1H3,(H,16,21)(H,17,18,20). The minimum Gasteiger partial charge on any atom is -0.408 e. The van der Waals surface area contributed by atoms with Gasteiger partial charge in [0, 0.05) is 24.5 Å². The number of rotatable bonds is 5. The number of oxazole rings is 1. The average molecular weight is 315 g/mol. The molecule has 0 saturated carbocycles. The summed E-state index contributed by atoms with van der Waals surface area (Å²) in [5.41, 5.74) is 1.21. The van der Waals surface area contributed by atoms with Crippen LogP contribution >= 0.6 is 0 Å². The topological polar surface area (TPSA) is 118 Å². The minimum atomic E-state index is -0.577. The number of nitrogens with one attached hydrogen (secondary N) is 2. The van der Waals surface area contributed by atoms with Crippen LogP contribution in [0.5, 0.6) is 0 Å². The molecule has 0 unspecified atom stereocenters. The van der Waals surface area contributed by atoms with Gasteiger partial charge in [-0.15, -0.1) is 0 Å². The van der Waals surface area contributed by atoms with Gasteiger partial charge in [-0.1, -0.05) is 5.16 Å². The van der Waals surface area contributed by atoms with E-state index in [0.717, 1.165) is 0 Å². The van der Waals surface area contributed by atoms with Gasteiger partial charge in [0.05, 0.1) is 5.52 Å². The minimum absolute atomic E-state index is 0.0138. The number of aromatic amines is 1. The molecule has 2 heterocycles. The quantitative estimate of drug-likeness (QED) is 0.695. The van der Waals surface area contributed by atoms with Crippen molar-refractivity contribution in [2.24, 2.45) is 0 Å². The summed E-state index contributed by atoms with van der Waals surface area (Å²) in [6, 6.07) is 6.23. The molecule has 0 radical (unpaired) electrons. The number of hydrogen-bond acceptors (Lipinski definition) is 6. The van der Waals surface area contributed by atoms with Crippen LogP contribution in [-0.2, 0) is 4.79 Å². The van der Waals surface area contributed by atoms with Crippen molar-refractivity contribution in [2.75, 3.05) is 5.32 Å². The Labute approximate surface area is 129 Å². The number of hydrogen-bond donors (Lipinski definition) is 2. The fraction of sp³-hybridized carbons (Fsp3) is 0.200. The van der Waals surface area contributed by atoms with Gasteiger partial charge in [0.15, 0.2) is 17.2 Å². The largest absolute Gasteiger partial charge is 0.417 e. The van der Waals surface area contributed by atoms with E-state index in [-0.39, 0.29) is 24.5 Å². The first kappa shape index (κ1) is 14.8. The molecule has 8 heteroatoms. The van der Waals surface area contributed by atoms with E-state index >= 15 is 0 Å². The number of fused-ring (bicyclic) bond motifs is 1. The summed E-state index contributed by atoms with van der Waals surface area (Å²) >= 11 is 0. The molecule has 118 valence electrons. The second-order valence-electron chi connectivity index (χ2n) is 5.02. The Morgan fingerprint density at radius 3 is 2.83 bits per heavy atom. The molecule has 3 rings (SSSR count). The maximum Gasteiger partial charge on any atom is 0.417 e. The highest BCUT2D eigenvalue weighted by molar-refractivity contribution is 6.01. The molecule has 1 aromatic carbocycles. The van der Waals surface area contributed by atoms with Crippen LogP contribution in [0.25, 0.3) is 11.1 Å². The number of carbonyl (C=O) groups is 2. The van der Waals surface area contributed by atoms with Crippen molar-refractivity contribution in [2.45, 2.75) is 19.8 Å². The summed E-state index contributed by atoms with van der Waals surface area (Å²) in [5, 5.41) is 6.18. The van der Waals surface area contributed by atoms with Crippen LogP contribution < -0.4 is 11.1 Å². The molecule has 0 fully saturated rings. The van der Waals surface area contributed by atoms with Crippen LogP contribution in [0.1, 0.15) is 29.0 Å². The van der Waals surface area contributed by atoms with E-state index in [2.05, 4.69) is 15.5 Å². The zero-order valence-corrected chi connectivity index (χ0v) is 12.2. The molecule has 0 spiro atoms. The summed E-state index contributed by atoms with van der Waals surface area (Å²) in [4.78, 5) is 37.5. The second kappa shape index (κ2) is 5.91. The van der Waals surface area contributed by atoms with Crippen LogP contribution in [-0.4, -0.2) is 21.8 Å². The molecule has 0 aliphatic rings. The first-order valence-electron chi connectivity index (χ1n) is 6.90. The van der Waals surface area contributed by atoms with Crippen molar-refractivity contribution in [3.05, 3.63) is 46.1 Å². The van der Waals surface area contributed by atoms with Gasteiger partial charge < -0.3 is 14.3 Å². The Hall–Kier alpha value is -3.16. The van der Waals surface area contributed by atoms with Gasteiger partial charge in [-0.25, -0.2) is 4.79 Å². The Morgan fingerprint density at radius 1 is 1.26 bits per heavy atom. The molecule has 0 bridgehead atoms. The number of aryl methyl sites for hydroxylation is 1. The number of nitrogens with zero attached hydrogens (tertiary/aromatic N) is 1. The number of ketones is 1. The number of carbonyl (C=O) groups excluding carboxylic acids is 2. The number of anilines is 1. The normalized spacial score (nSPS) is 10.8. The maximum absolute atomic E-state index is 12.1. The van der Waals surface area contributed by atoms with Crippen molar-refractivity contribution in [1.82, 2.24) is 10.1 Å². The number of Topliss-reactive ketones (excluding diaryl/α,β-unsaturated/α-hetero) is 1. The molecule has 8 nitrogen and oxygen atoms in total. The first-order chi connectivity index (χ1) is 11.0. The van der Waals surface area contributed by atoms with E-state index in [1.807, 2.05) is 0 Å². The predicted octanol–water partition coefficient (Wildman–Crippen LogP) is 2.02. The third-order valence-electron chi connectivity index (χ3n) is 3.22. The molecule has 23 heavy (non-hydrogen) atoms. The monoisotopic (exact) mass is 315 g/mol. The van der Waals surface area contributed by atoms with Gasteiger partial charge in [0.25, 0.3) is 0 Å². The van der Waals surface area contributed by atoms with Crippen molar-refractivity contribution in [3.8, 4) is 0 Å². The lowest BCUT2D eigenvalue weighted by Crippen LogP contribution is -2.13. The van der Waals surface area contributed by atoms with Crippen molar-refractivity contribution < 1.29 is 18.5 Å². The van der Waals surface area contributed by atoms with Crippen molar-refractivity contribution in [3.63, 3.8) is 0 Å². The van der Waals surface area contributed by atoms with E-state index < -0.39 is 5.76 Å². The lowest BCUT2D eigenvalue weighted by molar-refractivity contribution is -0.116. The van der Waals surface area contributed by atoms with E-state index in [0.29, 0.717) is 28.2 Å². The van der Waals surface area contributed by atoms with Crippen LogP contribution in [0.4, 0.5) is 5.82 Å². The molecule has 1 amide bonds. The number of H-pyrrole nitrogens is 1. The smallest absolute Gasteiger partial charge is 0.408 e. The van der Waals surface area contributed by atoms with Gasteiger partial charge in [-0.2, -0.15) is 0 Å². The lowest BCUT2D eigenvalue weighted by Gasteiger charge is -2.02. The van der Waals surface area contributed by atoms with E-state index in [9.17, 15) is 14.4 Å². The predicted molar refractivity (Wildman–Crippen MR) is 80.3 cm³/mol. The van der Waals surface area contributed by atoms with Crippen LogP contribution in [0.2, 0.25) is 0 Å². The molecule has 0 aliphatic carbocycles. The highest BCUT2D eigenvalue weighted by Gasteiger charge is 2.12. The molecular formula is C15H13N3O5. The Kier molecular flexibility index (Phi) is 3.80. The number of amides is 1. The van der Waals surface area contributed by atoms with Crippen LogP contribution in [0.3, 0.4) is 0 Å². The summed E-state index contributed by atoms with van der Waals surface area (Å²) in [5.74, 6) is -0.233. The molecule has 2 aromatic heterocycles. The van der Waals surface area contributed by atoms with E-state index in [1.165, 1.54) is 6.07 Å². The molecular weight excluding hydrogens is 302 g/mol. The second-order valence-corrected chi connectivity index (χ2v) is 5.02. The number of aromatic nitrogens is 2. The third-order valence-corrected chi connectivity index (χ3v) is 3.22. The van der Waals surface area contributed by atoms with Gasteiger partial charge in [-0.3, -0.25) is 14.6 Å². The molecule has 3 aromatic rings. The Balaban J connectivity index is 1.61. The highest BCUT2D eigenvalue weighted by Crippen LogP contribution is 2.15. The fourth-order valence-corrected chi connectivity index (χ4v) is 2.12. The third kappa shape index (κ3) is 3.37. The Bertz CT molecular complexity index is 934. The van der Waals surface area contributed by atoms with Crippen molar-refractivity contribution >= 4 is 28.6 Å². The molecule has 0 saturated heterocycles. The zero-order valence-electron chi connectivity index (χ0n) is 12.2. The summed E-state index contributed by atoms with van der Waals surface area (Å²) < 4.78 is 9.74. The number of benzene rings is 1. The zero-order chi connectivity index (χ0) is 16.4. The van der Waals surface area contributed by atoms with Gasteiger partial charge in [0.2, 0.25) is 5.91 Å². The summed E-state index contributed by atoms with van der Waals surface area (Å²) in [6.45, 7) is 1.71. The highest BCUT2D eigenvalue weighted by atomic mass is 16.5.